The summed E-state index contributed by atoms with van der Waals surface area (Å²) in [6, 6.07) is 26.4. The lowest BCUT2D eigenvalue weighted by Gasteiger charge is -2.13. The molecule has 0 N–H and O–H groups in total. The highest BCUT2D eigenvalue weighted by Crippen LogP contribution is 2.26. The van der Waals surface area contributed by atoms with Crippen molar-refractivity contribution >= 4 is 0 Å². The molecule has 0 saturated heterocycles. The lowest BCUT2D eigenvalue weighted by molar-refractivity contribution is 0.289. The van der Waals surface area contributed by atoms with Crippen molar-refractivity contribution in [2.24, 2.45) is 0 Å². The van der Waals surface area contributed by atoms with Gasteiger partial charge in [-0.15, -0.1) is 0 Å². The average molecular weight is 344 g/mol. The van der Waals surface area contributed by atoms with E-state index in [1.807, 2.05) is 49.4 Å². The number of rotatable bonds is 8. The van der Waals surface area contributed by atoms with Crippen LogP contribution in [0.3, 0.4) is 0 Å². The van der Waals surface area contributed by atoms with Crippen molar-refractivity contribution in [3.63, 3.8) is 0 Å². The summed E-state index contributed by atoms with van der Waals surface area (Å²) in [5, 5.41) is 0. The fourth-order valence-electron chi connectivity index (χ4n) is 2.73. The van der Waals surface area contributed by atoms with E-state index in [0.29, 0.717) is 13.2 Å². The van der Waals surface area contributed by atoms with Crippen molar-refractivity contribution in [3.05, 3.63) is 108 Å². The van der Waals surface area contributed by atoms with Gasteiger partial charge in [0.1, 0.15) is 24.7 Å². The first-order chi connectivity index (χ1) is 12.7. The summed E-state index contributed by atoms with van der Waals surface area (Å²) >= 11 is 0. The minimum atomic E-state index is 0.537. The molecule has 0 radical (unpaired) electrons. The molecule has 0 aromatic heterocycles. The van der Waals surface area contributed by atoms with Gasteiger partial charge in [-0.2, -0.15) is 0 Å². The lowest BCUT2D eigenvalue weighted by Crippen LogP contribution is -1.99. The molecule has 0 bridgehead atoms. The second-order valence-electron chi connectivity index (χ2n) is 6.50. The SMILES string of the molecule is C=C(C)Cc1cc(OCc2ccccc2)cc(OCc2ccccc2)c1. The lowest BCUT2D eigenvalue weighted by atomic mass is 10.1. The summed E-state index contributed by atoms with van der Waals surface area (Å²) < 4.78 is 12.0. The van der Waals surface area contributed by atoms with E-state index in [1.54, 1.807) is 0 Å². The van der Waals surface area contributed by atoms with Crippen LogP contribution in [0.2, 0.25) is 0 Å². The molecule has 0 unspecified atom stereocenters. The maximum absolute atomic E-state index is 6.00. The Labute approximate surface area is 155 Å². The highest BCUT2D eigenvalue weighted by Gasteiger charge is 2.05. The molecular weight excluding hydrogens is 320 g/mol. The Morgan fingerprint density at radius 3 is 1.58 bits per heavy atom. The standard InChI is InChI=1S/C24H24O2/c1-19(2)13-22-14-23(25-17-20-9-5-3-6-10-20)16-24(15-22)26-18-21-11-7-4-8-12-21/h3-12,14-16H,1,13,17-18H2,2H3. The van der Waals surface area contributed by atoms with Gasteiger partial charge in [0.25, 0.3) is 0 Å². The molecule has 3 aromatic carbocycles. The molecule has 0 heterocycles. The Morgan fingerprint density at radius 2 is 1.15 bits per heavy atom. The van der Waals surface area contributed by atoms with Crippen LogP contribution >= 0.6 is 0 Å². The maximum Gasteiger partial charge on any atom is 0.123 e. The first-order valence-corrected chi connectivity index (χ1v) is 8.81. The quantitative estimate of drug-likeness (QED) is 0.469. The van der Waals surface area contributed by atoms with Crippen molar-refractivity contribution < 1.29 is 9.47 Å². The van der Waals surface area contributed by atoms with Crippen molar-refractivity contribution in [1.29, 1.82) is 0 Å². The van der Waals surface area contributed by atoms with Crippen LogP contribution in [0, 0.1) is 0 Å². The summed E-state index contributed by atoms with van der Waals surface area (Å²) in [6.07, 6.45) is 0.810. The molecule has 2 nitrogen and oxygen atoms in total. The minimum Gasteiger partial charge on any atom is -0.489 e. The fraction of sp³-hybridized carbons (Fsp3) is 0.167. The molecule has 0 amide bonds. The molecule has 2 heteroatoms. The Hall–Kier alpha value is -3.00. The zero-order chi connectivity index (χ0) is 18.2. The van der Waals surface area contributed by atoms with E-state index in [0.717, 1.165) is 40.2 Å². The van der Waals surface area contributed by atoms with E-state index >= 15 is 0 Å². The van der Waals surface area contributed by atoms with Gasteiger partial charge in [0.15, 0.2) is 0 Å². The van der Waals surface area contributed by atoms with Gasteiger partial charge < -0.3 is 9.47 Å². The Bertz CT molecular complexity index is 777. The van der Waals surface area contributed by atoms with Crippen molar-refractivity contribution in [3.8, 4) is 11.5 Å². The number of hydrogen-bond donors (Lipinski definition) is 0. The largest absolute Gasteiger partial charge is 0.489 e. The van der Waals surface area contributed by atoms with E-state index in [-0.39, 0.29) is 0 Å². The summed E-state index contributed by atoms with van der Waals surface area (Å²) in [7, 11) is 0. The zero-order valence-corrected chi connectivity index (χ0v) is 15.2. The van der Waals surface area contributed by atoms with Gasteiger partial charge in [0.2, 0.25) is 0 Å². The van der Waals surface area contributed by atoms with Crippen LogP contribution in [0.4, 0.5) is 0 Å². The summed E-state index contributed by atoms with van der Waals surface area (Å²) in [5.74, 6) is 1.63. The second kappa shape index (κ2) is 8.91. The molecule has 3 aromatic rings. The first-order valence-electron chi connectivity index (χ1n) is 8.81. The molecule has 0 aliphatic carbocycles. The Morgan fingerprint density at radius 1 is 0.692 bits per heavy atom. The van der Waals surface area contributed by atoms with E-state index in [4.69, 9.17) is 9.47 Å². The number of ether oxygens (including phenoxy) is 2. The molecule has 0 aliphatic heterocycles. The molecule has 0 spiro atoms. The highest BCUT2D eigenvalue weighted by atomic mass is 16.5. The van der Waals surface area contributed by atoms with Crippen LogP contribution in [0.15, 0.2) is 91.0 Å². The number of hydrogen-bond acceptors (Lipinski definition) is 2. The molecule has 0 aliphatic rings. The minimum absolute atomic E-state index is 0.537. The Kier molecular flexibility index (Phi) is 6.10. The van der Waals surface area contributed by atoms with Crippen molar-refractivity contribution in [1.82, 2.24) is 0 Å². The third-order valence-corrected chi connectivity index (χ3v) is 3.94. The molecule has 3 rings (SSSR count). The van der Waals surface area contributed by atoms with Gasteiger partial charge in [-0.3, -0.25) is 0 Å². The normalized spacial score (nSPS) is 10.3. The van der Waals surface area contributed by atoms with Gasteiger partial charge >= 0.3 is 0 Å². The van der Waals surface area contributed by atoms with Gasteiger partial charge in [0.05, 0.1) is 0 Å². The summed E-state index contributed by atoms with van der Waals surface area (Å²) in [4.78, 5) is 0. The average Bonchev–Trinajstić information content (AvgIpc) is 2.66. The van der Waals surface area contributed by atoms with E-state index in [9.17, 15) is 0 Å². The summed E-state index contributed by atoms with van der Waals surface area (Å²) in [5.41, 5.74) is 4.54. The van der Waals surface area contributed by atoms with Crippen molar-refractivity contribution in [2.45, 2.75) is 26.6 Å². The smallest absolute Gasteiger partial charge is 0.123 e. The molecule has 26 heavy (non-hydrogen) atoms. The third-order valence-electron chi connectivity index (χ3n) is 3.94. The van der Waals surface area contributed by atoms with Gasteiger partial charge in [-0.25, -0.2) is 0 Å². The predicted octanol–water partition coefficient (Wildman–Crippen LogP) is 5.96. The first kappa shape index (κ1) is 17.8. The van der Waals surface area contributed by atoms with Gasteiger partial charge in [0, 0.05) is 6.07 Å². The van der Waals surface area contributed by atoms with E-state index < -0.39 is 0 Å². The number of allylic oxidation sites excluding steroid dienone is 1. The van der Waals surface area contributed by atoms with Crippen molar-refractivity contribution in [2.75, 3.05) is 0 Å². The van der Waals surface area contributed by atoms with Crippen LogP contribution < -0.4 is 9.47 Å². The monoisotopic (exact) mass is 344 g/mol. The number of benzene rings is 3. The van der Waals surface area contributed by atoms with E-state index in [1.165, 1.54) is 0 Å². The van der Waals surface area contributed by atoms with Gasteiger partial charge in [-0.1, -0.05) is 72.8 Å². The van der Waals surface area contributed by atoms with Crippen LogP contribution in [-0.2, 0) is 19.6 Å². The topological polar surface area (TPSA) is 18.5 Å². The van der Waals surface area contributed by atoms with Crippen LogP contribution in [0.25, 0.3) is 0 Å². The van der Waals surface area contributed by atoms with Crippen LogP contribution in [0.1, 0.15) is 23.6 Å². The highest BCUT2D eigenvalue weighted by molar-refractivity contribution is 5.40. The molecule has 0 saturated carbocycles. The van der Waals surface area contributed by atoms with Gasteiger partial charge in [-0.05, 0) is 42.2 Å². The van der Waals surface area contributed by atoms with Crippen LogP contribution in [-0.4, -0.2) is 0 Å². The van der Waals surface area contributed by atoms with E-state index in [2.05, 4.69) is 43.0 Å². The second-order valence-corrected chi connectivity index (χ2v) is 6.50. The molecule has 132 valence electrons. The summed E-state index contributed by atoms with van der Waals surface area (Å²) in [6.45, 7) is 7.12. The zero-order valence-electron chi connectivity index (χ0n) is 15.2. The third kappa shape index (κ3) is 5.52. The fourth-order valence-corrected chi connectivity index (χ4v) is 2.73. The maximum atomic E-state index is 6.00. The predicted molar refractivity (Wildman–Crippen MR) is 107 cm³/mol. The Balaban J connectivity index is 1.73. The van der Waals surface area contributed by atoms with Crippen LogP contribution in [0.5, 0.6) is 11.5 Å². The molecule has 0 atom stereocenters. The molecular formula is C24H24O2. The molecule has 0 fully saturated rings.